The molecular formula is C26H21N7OS. The number of carbonyl (C=O) groups is 1. The number of nitrogens with one attached hydrogen (secondary N) is 2. The zero-order valence-corrected chi connectivity index (χ0v) is 20.1. The first-order chi connectivity index (χ1) is 16.8. The maximum atomic E-state index is 13.6. The smallest absolute Gasteiger partial charge is 0.239 e. The maximum absolute atomic E-state index is 13.6. The summed E-state index contributed by atoms with van der Waals surface area (Å²) >= 11 is 1.51. The topological polar surface area (TPSA) is 122 Å². The molecule has 2 N–H and O–H groups in total. The van der Waals surface area contributed by atoms with Crippen molar-refractivity contribution in [1.29, 1.82) is 15.9 Å². The Morgan fingerprint density at radius 2 is 1.91 bits per heavy atom. The molecule has 5 rings (SSSR count). The summed E-state index contributed by atoms with van der Waals surface area (Å²) in [7, 11) is 3.36. The average Bonchev–Trinajstić information content (AvgIpc) is 3.48. The van der Waals surface area contributed by atoms with E-state index in [9.17, 15) is 15.3 Å². The molecule has 0 bridgehead atoms. The minimum Gasteiger partial charge on any atom is -0.345 e. The minimum atomic E-state index is -0.888. The summed E-state index contributed by atoms with van der Waals surface area (Å²) in [4.78, 5) is 15.8. The first-order valence-corrected chi connectivity index (χ1v) is 11.8. The van der Waals surface area contributed by atoms with Crippen molar-refractivity contribution in [1.82, 2.24) is 20.0 Å². The third-order valence-corrected chi connectivity index (χ3v) is 7.79. The van der Waals surface area contributed by atoms with E-state index in [2.05, 4.69) is 22.6 Å². The lowest BCUT2D eigenvalue weighted by atomic mass is 9.76. The number of fused-ring (bicyclic) bond motifs is 1. The van der Waals surface area contributed by atoms with Gasteiger partial charge in [-0.1, -0.05) is 18.2 Å². The molecule has 1 aliphatic heterocycles. The van der Waals surface area contributed by atoms with E-state index < -0.39 is 11.5 Å². The van der Waals surface area contributed by atoms with Crippen LogP contribution in [-0.2, 0) is 17.4 Å². The molecule has 1 fully saturated rings. The van der Waals surface area contributed by atoms with Crippen LogP contribution in [0.2, 0.25) is 0 Å². The van der Waals surface area contributed by atoms with Gasteiger partial charge in [-0.2, -0.15) is 15.6 Å². The molecule has 1 aliphatic rings. The molecule has 8 nitrogen and oxygen atoms in total. The van der Waals surface area contributed by atoms with Crippen molar-refractivity contribution >= 4 is 34.1 Å². The highest BCUT2D eigenvalue weighted by Gasteiger charge is 2.49. The van der Waals surface area contributed by atoms with Gasteiger partial charge in [0, 0.05) is 24.4 Å². The van der Waals surface area contributed by atoms with Gasteiger partial charge in [-0.25, -0.2) is 0 Å². The summed E-state index contributed by atoms with van der Waals surface area (Å²) in [6.45, 7) is 1.94. The predicted molar refractivity (Wildman–Crippen MR) is 134 cm³/mol. The number of nitriles is 2. The predicted octanol–water partition coefficient (Wildman–Crippen LogP) is 4.04. The number of rotatable bonds is 3. The van der Waals surface area contributed by atoms with Crippen LogP contribution in [0.25, 0.3) is 22.0 Å². The summed E-state index contributed by atoms with van der Waals surface area (Å²) in [5, 5.41) is 37.4. The second kappa shape index (κ2) is 8.08. The molecule has 0 radical (unpaired) electrons. The first kappa shape index (κ1) is 22.3. The Morgan fingerprint density at radius 3 is 2.66 bits per heavy atom. The number of thiophene rings is 1. The third kappa shape index (κ3) is 3.45. The summed E-state index contributed by atoms with van der Waals surface area (Å²) in [5.74, 6) is -0.786. The minimum absolute atomic E-state index is 0.0311. The van der Waals surface area contributed by atoms with Crippen LogP contribution in [0, 0.1) is 28.1 Å². The van der Waals surface area contributed by atoms with Gasteiger partial charge in [-0.3, -0.25) is 19.8 Å². The quantitative estimate of drug-likeness (QED) is 0.459. The van der Waals surface area contributed by atoms with Crippen LogP contribution in [0.5, 0.6) is 0 Å². The molecule has 172 valence electrons. The monoisotopic (exact) mass is 479 g/mol. The lowest BCUT2D eigenvalue weighted by Crippen LogP contribution is -2.62. The van der Waals surface area contributed by atoms with Gasteiger partial charge in [0.05, 0.1) is 28.6 Å². The van der Waals surface area contributed by atoms with Crippen molar-refractivity contribution < 1.29 is 4.79 Å². The van der Waals surface area contributed by atoms with E-state index in [4.69, 9.17) is 5.41 Å². The average molecular weight is 480 g/mol. The van der Waals surface area contributed by atoms with E-state index in [0.29, 0.717) is 11.3 Å². The molecule has 0 unspecified atom stereocenters. The zero-order chi connectivity index (χ0) is 24.9. The van der Waals surface area contributed by atoms with Crippen LogP contribution in [-0.4, -0.2) is 33.6 Å². The van der Waals surface area contributed by atoms with E-state index in [-0.39, 0.29) is 11.9 Å². The van der Waals surface area contributed by atoms with Crippen LogP contribution in [0.4, 0.5) is 0 Å². The molecule has 0 saturated carbocycles. The number of likely N-dealkylation sites (N-methyl/N-ethyl adjacent to an activating group) is 1. The summed E-state index contributed by atoms with van der Waals surface area (Å²) in [6, 6.07) is 19.3. The number of guanidine groups is 1. The molecule has 35 heavy (non-hydrogen) atoms. The Labute approximate surface area is 206 Å². The first-order valence-electron chi connectivity index (χ1n) is 10.9. The molecule has 1 amide bonds. The standard InChI is InChI=1S/C26H21N7OS/c1-26(22-11-18(14-35-22)16-6-4-5-15(9-16)12-27)23(24(34)32(2)25(29)30-26)17-7-8-19-20(13-28)31-33(3)21(19)10-17/h4-11,14,23H,1-3H3,(H2,29,30)/t23-,26+/m0/s1. The molecule has 2 atom stereocenters. The zero-order valence-electron chi connectivity index (χ0n) is 19.3. The Balaban J connectivity index is 1.64. The third-order valence-electron chi connectivity index (χ3n) is 6.62. The van der Waals surface area contributed by atoms with Crippen LogP contribution in [0.1, 0.15) is 34.5 Å². The van der Waals surface area contributed by atoms with Gasteiger partial charge in [0.2, 0.25) is 5.91 Å². The normalized spacial score (nSPS) is 19.9. The molecule has 9 heteroatoms. The number of carbonyl (C=O) groups excluding carboxylic acids is 1. The highest BCUT2D eigenvalue weighted by Crippen LogP contribution is 2.45. The number of aromatic nitrogens is 2. The van der Waals surface area contributed by atoms with Crippen LogP contribution >= 0.6 is 11.3 Å². The number of hydrogen-bond donors (Lipinski definition) is 2. The van der Waals surface area contributed by atoms with Crippen LogP contribution in [0.15, 0.2) is 53.9 Å². The van der Waals surface area contributed by atoms with Gasteiger partial charge in [0.1, 0.15) is 6.07 Å². The number of aryl methyl sites for hydroxylation is 1. The second-order valence-corrected chi connectivity index (χ2v) is 9.67. The number of benzene rings is 2. The summed E-state index contributed by atoms with van der Waals surface area (Å²) in [5.41, 5.74) is 3.43. The largest absolute Gasteiger partial charge is 0.345 e. The van der Waals surface area contributed by atoms with Crippen LogP contribution < -0.4 is 5.32 Å². The Kier molecular flexibility index (Phi) is 5.16. The number of amides is 1. The van der Waals surface area contributed by atoms with E-state index in [0.717, 1.165) is 32.5 Å². The van der Waals surface area contributed by atoms with Crippen molar-refractivity contribution in [3.63, 3.8) is 0 Å². The van der Waals surface area contributed by atoms with E-state index in [1.54, 1.807) is 24.8 Å². The van der Waals surface area contributed by atoms with Crippen molar-refractivity contribution in [3.8, 4) is 23.3 Å². The van der Waals surface area contributed by atoms with Gasteiger partial charge in [0.25, 0.3) is 0 Å². The van der Waals surface area contributed by atoms with Crippen molar-refractivity contribution in [2.24, 2.45) is 7.05 Å². The fourth-order valence-corrected chi connectivity index (χ4v) is 5.76. The van der Waals surface area contributed by atoms with Gasteiger partial charge < -0.3 is 5.32 Å². The van der Waals surface area contributed by atoms with Crippen LogP contribution in [0.3, 0.4) is 0 Å². The Hall–Kier alpha value is -4.47. The van der Waals surface area contributed by atoms with Gasteiger partial charge >= 0.3 is 0 Å². The van der Waals surface area contributed by atoms with E-state index in [1.165, 1.54) is 16.2 Å². The Bertz CT molecular complexity index is 1600. The van der Waals surface area contributed by atoms with Gasteiger partial charge in [-0.15, -0.1) is 11.3 Å². The SMILES string of the molecule is CN1C(=N)N[C@](C)(c2cc(-c3cccc(C#N)c3)cs2)[C@@H](c2ccc3c(C#N)nn(C)c3c2)C1=O. The lowest BCUT2D eigenvalue weighted by molar-refractivity contribution is -0.131. The summed E-state index contributed by atoms with van der Waals surface area (Å²) in [6.07, 6.45) is 0. The van der Waals surface area contributed by atoms with Crippen molar-refractivity contribution in [2.75, 3.05) is 7.05 Å². The Morgan fingerprint density at radius 1 is 1.11 bits per heavy atom. The number of nitrogens with zero attached hydrogens (tertiary/aromatic N) is 5. The maximum Gasteiger partial charge on any atom is 0.239 e. The molecule has 2 aromatic heterocycles. The highest BCUT2D eigenvalue weighted by atomic mass is 32.1. The molecule has 1 saturated heterocycles. The highest BCUT2D eigenvalue weighted by molar-refractivity contribution is 7.10. The molecule has 0 spiro atoms. The van der Waals surface area contributed by atoms with E-state index >= 15 is 0 Å². The van der Waals surface area contributed by atoms with Crippen molar-refractivity contribution in [2.45, 2.75) is 18.4 Å². The fraction of sp³-hybridized carbons (Fsp3) is 0.192. The fourth-order valence-electron chi connectivity index (χ4n) is 4.70. The summed E-state index contributed by atoms with van der Waals surface area (Å²) < 4.78 is 1.65. The van der Waals surface area contributed by atoms with Gasteiger partial charge in [-0.05, 0) is 59.3 Å². The molecule has 3 heterocycles. The van der Waals surface area contributed by atoms with Crippen molar-refractivity contribution in [3.05, 3.63) is 75.6 Å². The number of hydrogen-bond acceptors (Lipinski definition) is 6. The second-order valence-electron chi connectivity index (χ2n) is 8.76. The molecule has 2 aromatic carbocycles. The van der Waals surface area contributed by atoms with E-state index in [1.807, 2.05) is 54.8 Å². The lowest BCUT2D eigenvalue weighted by Gasteiger charge is -2.45. The van der Waals surface area contributed by atoms with Gasteiger partial charge in [0.15, 0.2) is 11.7 Å². The molecular weight excluding hydrogens is 458 g/mol. The molecule has 4 aromatic rings. The molecule has 0 aliphatic carbocycles.